The average Bonchev–Trinajstić information content (AvgIpc) is 2.29. The van der Waals surface area contributed by atoms with E-state index in [0.717, 1.165) is 18.6 Å². The number of rotatable bonds is 6. The van der Waals surface area contributed by atoms with E-state index in [-0.39, 0.29) is 5.41 Å². The van der Waals surface area contributed by atoms with Gasteiger partial charge in [-0.15, -0.1) is 0 Å². The third-order valence-electron chi connectivity index (χ3n) is 2.65. The summed E-state index contributed by atoms with van der Waals surface area (Å²) in [4.78, 5) is 10.2. The number of methoxy groups -OCH3 is 1. The molecule has 0 amide bonds. The van der Waals surface area contributed by atoms with E-state index < -0.39 is 0 Å². The van der Waals surface area contributed by atoms with Crippen molar-refractivity contribution in [3.8, 4) is 5.75 Å². The van der Waals surface area contributed by atoms with E-state index >= 15 is 0 Å². The van der Waals surface area contributed by atoms with Crippen LogP contribution in [0, 0.1) is 0 Å². The number of carbonyl (C=O) groups excluding carboxylic acids is 1. The molecule has 0 unspecified atom stereocenters. The summed E-state index contributed by atoms with van der Waals surface area (Å²) in [5, 5.41) is 3.10. The molecule has 0 atom stereocenters. The number of hydrogen-bond acceptors (Lipinski definition) is 3. The van der Waals surface area contributed by atoms with Crippen molar-refractivity contribution in [2.45, 2.75) is 19.3 Å². The lowest BCUT2D eigenvalue weighted by Gasteiger charge is -2.25. The molecule has 0 aliphatic rings. The van der Waals surface area contributed by atoms with Gasteiger partial charge in [0.2, 0.25) is 0 Å². The van der Waals surface area contributed by atoms with Gasteiger partial charge in [0.15, 0.2) is 0 Å². The average molecular weight is 221 g/mol. The maximum absolute atomic E-state index is 10.2. The van der Waals surface area contributed by atoms with Gasteiger partial charge in [-0.3, -0.25) is 0 Å². The molecule has 0 aliphatic heterocycles. The first kappa shape index (κ1) is 12.7. The van der Waals surface area contributed by atoms with Crippen LogP contribution in [-0.2, 0) is 10.2 Å². The highest BCUT2D eigenvalue weighted by molar-refractivity contribution is 5.51. The molecule has 0 fully saturated rings. The van der Waals surface area contributed by atoms with E-state index in [1.807, 2.05) is 18.2 Å². The van der Waals surface area contributed by atoms with Gasteiger partial charge in [-0.25, -0.2) is 0 Å². The van der Waals surface area contributed by atoms with Gasteiger partial charge in [-0.05, 0) is 17.7 Å². The third-order valence-corrected chi connectivity index (χ3v) is 2.65. The second kappa shape index (κ2) is 5.66. The van der Waals surface area contributed by atoms with Crippen LogP contribution in [0.2, 0.25) is 0 Å². The summed E-state index contributed by atoms with van der Waals surface area (Å²) >= 11 is 0. The molecular weight excluding hydrogens is 202 g/mol. The topological polar surface area (TPSA) is 38.3 Å². The SMILES string of the molecule is COc1cccc(C(C)(C)CNCC=O)c1. The van der Waals surface area contributed by atoms with Crippen LogP contribution in [0.1, 0.15) is 19.4 Å². The smallest absolute Gasteiger partial charge is 0.133 e. The molecule has 3 nitrogen and oxygen atoms in total. The Morgan fingerprint density at radius 2 is 2.19 bits per heavy atom. The predicted octanol–water partition coefficient (Wildman–Crippen LogP) is 1.76. The summed E-state index contributed by atoms with van der Waals surface area (Å²) in [6, 6.07) is 8.02. The molecule has 0 saturated carbocycles. The zero-order chi connectivity index (χ0) is 12.0. The van der Waals surface area contributed by atoms with Gasteiger partial charge < -0.3 is 14.8 Å². The summed E-state index contributed by atoms with van der Waals surface area (Å²) in [6.07, 6.45) is 0.877. The van der Waals surface area contributed by atoms with Gasteiger partial charge in [-0.1, -0.05) is 26.0 Å². The van der Waals surface area contributed by atoms with Crippen molar-refractivity contribution in [1.29, 1.82) is 0 Å². The van der Waals surface area contributed by atoms with Crippen LogP contribution in [0.4, 0.5) is 0 Å². The van der Waals surface area contributed by atoms with Crippen molar-refractivity contribution in [2.24, 2.45) is 0 Å². The summed E-state index contributed by atoms with van der Waals surface area (Å²) in [5.74, 6) is 0.862. The highest BCUT2D eigenvalue weighted by Gasteiger charge is 2.20. The maximum atomic E-state index is 10.2. The van der Waals surface area contributed by atoms with Gasteiger partial charge >= 0.3 is 0 Å². The van der Waals surface area contributed by atoms with Crippen LogP contribution in [0.5, 0.6) is 5.75 Å². The van der Waals surface area contributed by atoms with Gasteiger partial charge in [0.05, 0.1) is 13.7 Å². The van der Waals surface area contributed by atoms with Crippen LogP contribution < -0.4 is 10.1 Å². The van der Waals surface area contributed by atoms with Crippen molar-refractivity contribution in [3.63, 3.8) is 0 Å². The highest BCUT2D eigenvalue weighted by Crippen LogP contribution is 2.25. The zero-order valence-electron chi connectivity index (χ0n) is 10.1. The molecule has 1 N–H and O–H groups in total. The van der Waals surface area contributed by atoms with Crippen molar-refractivity contribution in [3.05, 3.63) is 29.8 Å². The molecular formula is C13H19NO2. The van der Waals surface area contributed by atoms with Gasteiger partial charge in [0.1, 0.15) is 12.0 Å². The zero-order valence-corrected chi connectivity index (χ0v) is 10.1. The molecule has 0 saturated heterocycles. The number of benzene rings is 1. The first-order valence-electron chi connectivity index (χ1n) is 5.39. The number of aldehydes is 1. The maximum Gasteiger partial charge on any atom is 0.133 e. The standard InChI is InChI=1S/C13H19NO2/c1-13(2,10-14-7-8-15)11-5-4-6-12(9-11)16-3/h4-6,8-9,14H,7,10H2,1-3H3. The van der Waals surface area contributed by atoms with Crippen LogP contribution in [0.3, 0.4) is 0 Å². The molecule has 1 aromatic carbocycles. The van der Waals surface area contributed by atoms with Gasteiger partial charge in [0.25, 0.3) is 0 Å². The number of hydrogen-bond donors (Lipinski definition) is 1. The first-order chi connectivity index (χ1) is 7.60. The van der Waals surface area contributed by atoms with Gasteiger partial charge in [-0.2, -0.15) is 0 Å². The fraction of sp³-hybridized carbons (Fsp3) is 0.462. The molecule has 1 rings (SSSR count). The minimum Gasteiger partial charge on any atom is -0.497 e. The summed E-state index contributed by atoms with van der Waals surface area (Å²) < 4.78 is 5.20. The Labute approximate surface area is 96.8 Å². The van der Waals surface area contributed by atoms with Crippen LogP contribution >= 0.6 is 0 Å². The Morgan fingerprint density at radius 1 is 1.44 bits per heavy atom. The highest BCUT2D eigenvalue weighted by atomic mass is 16.5. The van der Waals surface area contributed by atoms with Crippen LogP contribution in [-0.4, -0.2) is 26.5 Å². The molecule has 0 bridgehead atoms. The largest absolute Gasteiger partial charge is 0.497 e. The molecule has 0 heterocycles. The van der Waals surface area contributed by atoms with E-state index in [0.29, 0.717) is 6.54 Å². The molecule has 0 radical (unpaired) electrons. The number of ether oxygens (including phenoxy) is 1. The monoisotopic (exact) mass is 221 g/mol. The van der Waals surface area contributed by atoms with E-state index in [9.17, 15) is 4.79 Å². The van der Waals surface area contributed by atoms with E-state index in [4.69, 9.17) is 4.74 Å². The first-order valence-corrected chi connectivity index (χ1v) is 5.39. The Morgan fingerprint density at radius 3 is 2.81 bits per heavy atom. The summed E-state index contributed by atoms with van der Waals surface area (Å²) in [6.45, 7) is 5.44. The molecule has 88 valence electrons. The summed E-state index contributed by atoms with van der Waals surface area (Å²) in [5.41, 5.74) is 1.18. The minimum absolute atomic E-state index is 0.0163. The molecule has 0 spiro atoms. The predicted molar refractivity (Wildman–Crippen MR) is 65.0 cm³/mol. The fourth-order valence-electron chi connectivity index (χ4n) is 1.59. The van der Waals surface area contributed by atoms with Crippen LogP contribution in [0.25, 0.3) is 0 Å². The Hall–Kier alpha value is -1.35. The second-order valence-corrected chi connectivity index (χ2v) is 4.41. The van der Waals surface area contributed by atoms with Crippen molar-refractivity contribution >= 4 is 6.29 Å². The van der Waals surface area contributed by atoms with Gasteiger partial charge in [0, 0.05) is 12.0 Å². The lowest BCUT2D eigenvalue weighted by Crippen LogP contribution is -2.33. The van der Waals surface area contributed by atoms with E-state index in [1.165, 1.54) is 5.56 Å². The lowest BCUT2D eigenvalue weighted by atomic mass is 9.84. The molecule has 1 aromatic rings. The molecule has 3 heteroatoms. The molecule has 16 heavy (non-hydrogen) atoms. The second-order valence-electron chi connectivity index (χ2n) is 4.41. The Kier molecular flexibility index (Phi) is 4.50. The van der Waals surface area contributed by atoms with E-state index in [2.05, 4.69) is 25.2 Å². The fourth-order valence-corrected chi connectivity index (χ4v) is 1.59. The number of carbonyl (C=O) groups is 1. The normalized spacial score (nSPS) is 11.2. The summed E-state index contributed by atoms with van der Waals surface area (Å²) in [7, 11) is 1.66. The molecule has 0 aliphatic carbocycles. The third kappa shape index (κ3) is 3.35. The minimum atomic E-state index is -0.0163. The van der Waals surface area contributed by atoms with Crippen molar-refractivity contribution in [2.75, 3.05) is 20.2 Å². The van der Waals surface area contributed by atoms with Crippen molar-refractivity contribution in [1.82, 2.24) is 5.32 Å². The quantitative estimate of drug-likeness (QED) is 0.587. The number of nitrogens with one attached hydrogen (secondary N) is 1. The Bertz CT molecular complexity index is 348. The van der Waals surface area contributed by atoms with E-state index in [1.54, 1.807) is 7.11 Å². The van der Waals surface area contributed by atoms with Crippen LogP contribution in [0.15, 0.2) is 24.3 Å². The molecule has 0 aromatic heterocycles. The van der Waals surface area contributed by atoms with Crippen molar-refractivity contribution < 1.29 is 9.53 Å². The lowest BCUT2D eigenvalue weighted by molar-refractivity contribution is -0.107. The Balaban J connectivity index is 2.75.